The molecule has 8 heteroatoms. The molecule has 1 N–H and O–H groups in total. The van der Waals surface area contributed by atoms with Gasteiger partial charge >= 0.3 is 0 Å². The molecule has 2 fully saturated rings. The highest BCUT2D eigenvalue weighted by Crippen LogP contribution is 2.48. The Hall–Kier alpha value is -3.94. The number of para-hydroxylation sites is 2. The molecule has 178 valence electrons. The van der Waals surface area contributed by atoms with E-state index in [4.69, 9.17) is 9.47 Å². The minimum atomic E-state index is -0.566. The van der Waals surface area contributed by atoms with E-state index in [9.17, 15) is 14.0 Å². The number of carbonyl (C=O) groups excluding carboxylic acids is 2. The van der Waals surface area contributed by atoms with Gasteiger partial charge in [-0.2, -0.15) is 0 Å². The summed E-state index contributed by atoms with van der Waals surface area (Å²) < 4.78 is 25.5. The number of aromatic nitrogens is 1. The highest BCUT2D eigenvalue weighted by molar-refractivity contribution is 6.00. The van der Waals surface area contributed by atoms with Gasteiger partial charge in [0.25, 0.3) is 0 Å². The van der Waals surface area contributed by atoms with Crippen LogP contribution in [0.4, 0.5) is 10.1 Å². The number of likely N-dealkylation sites (tertiary alicyclic amines) is 1. The summed E-state index contributed by atoms with van der Waals surface area (Å²) in [6.07, 6.45) is 2.88. The fourth-order valence-corrected chi connectivity index (χ4v) is 5.10. The number of ether oxygens (including phenoxy) is 2. The summed E-state index contributed by atoms with van der Waals surface area (Å²) in [5.41, 5.74) is 1.53. The molecule has 7 nitrogen and oxygen atoms in total. The number of nitrogens with one attached hydrogen (secondary N) is 1. The van der Waals surface area contributed by atoms with Gasteiger partial charge in [0, 0.05) is 17.8 Å². The lowest BCUT2D eigenvalue weighted by atomic mass is 10.1. The average molecular weight is 474 g/mol. The van der Waals surface area contributed by atoms with Crippen LogP contribution in [0.25, 0.3) is 11.3 Å². The molecule has 2 aromatic carbocycles. The van der Waals surface area contributed by atoms with E-state index >= 15 is 0 Å². The number of rotatable bonds is 5. The van der Waals surface area contributed by atoms with Crippen molar-refractivity contribution in [3.05, 3.63) is 72.7 Å². The summed E-state index contributed by atoms with van der Waals surface area (Å²) in [7, 11) is 0. The largest absolute Gasteiger partial charge is 0.486 e. The van der Waals surface area contributed by atoms with E-state index in [2.05, 4.69) is 10.3 Å². The maximum Gasteiger partial charge on any atom is 0.247 e. The first kappa shape index (κ1) is 21.6. The molecule has 2 aliphatic heterocycles. The van der Waals surface area contributed by atoms with Gasteiger partial charge in [-0.25, -0.2) is 4.39 Å². The minimum Gasteiger partial charge on any atom is -0.486 e. The summed E-state index contributed by atoms with van der Waals surface area (Å²) in [4.78, 5) is 32.7. The molecule has 0 radical (unpaired) electrons. The smallest absolute Gasteiger partial charge is 0.247 e. The molecule has 0 bridgehead atoms. The molecular formula is C27H24FN3O4. The SMILES string of the molecule is O=C(Nc1cccnc1-c1cccc(F)c1)[C@H]1C[C@H]2C[C@H]2N1C(=O)CC1COc2ccccc2O1. The van der Waals surface area contributed by atoms with Crippen molar-refractivity contribution in [2.24, 2.45) is 5.92 Å². The monoisotopic (exact) mass is 473 g/mol. The third-order valence-corrected chi connectivity index (χ3v) is 6.83. The van der Waals surface area contributed by atoms with Gasteiger partial charge in [-0.05, 0) is 55.2 Å². The minimum absolute atomic E-state index is 0.0895. The second kappa shape index (κ2) is 8.69. The summed E-state index contributed by atoms with van der Waals surface area (Å²) >= 11 is 0. The zero-order chi connectivity index (χ0) is 23.9. The van der Waals surface area contributed by atoms with Gasteiger partial charge in [0.2, 0.25) is 11.8 Å². The van der Waals surface area contributed by atoms with Gasteiger partial charge < -0.3 is 19.7 Å². The Kier molecular flexibility index (Phi) is 5.36. The van der Waals surface area contributed by atoms with Gasteiger partial charge in [0.1, 0.15) is 24.6 Å². The molecule has 35 heavy (non-hydrogen) atoms. The molecule has 3 aromatic rings. The number of pyridine rings is 1. The van der Waals surface area contributed by atoms with E-state index < -0.39 is 12.1 Å². The Bertz CT molecular complexity index is 1300. The van der Waals surface area contributed by atoms with Crippen molar-refractivity contribution >= 4 is 17.5 Å². The molecule has 0 spiro atoms. The highest BCUT2D eigenvalue weighted by atomic mass is 19.1. The number of nitrogens with zero attached hydrogens (tertiary/aromatic N) is 2. The second-order valence-electron chi connectivity index (χ2n) is 9.22. The Balaban J connectivity index is 1.17. The van der Waals surface area contributed by atoms with Crippen LogP contribution >= 0.6 is 0 Å². The van der Waals surface area contributed by atoms with Crippen LogP contribution in [0, 0.1) is 11.7 Å². The van der Waals surface area contributed by atoms with Gasteiger partial charge in [0.15, 0.2) is 11.5 Å². The van der Waals surface area contributed by atoms with Gasteiger partial charge in [-0.1, -0.05) is 24.3 Å². The Morgan fingerprint density at radius 3 is 2.77 bits per heavy atom. The Morgan fingerprint density at radius 2 is 1.91 bits per heavy atom. The van der Waals surface area contributed by atoms with E-state index in [-0.39, 0.29) is 36.7 Å². The highest BCUT2D eigenvalue weighted by Gasteiger charge is 2.56. The molecule has 1 saturated carbocycles. The van der Waals surface area contributed by atoms with Crippen LogP contribution in [0.2, 0.25) is 0 Å². The van der Waals surface area contributed by atoms with Gasteiger partial charge in [-0.15, -0.1) is 0 Å². The molecule has 3 aliphatic rings. The van der Waals surface area contributed by atoms with E-state index in [1.807, 2.05) is 24.3 Å². The molecule has 6 rings (SSSR count). The lowest BCUT2D eigenvalue weighted by Crippen LogP contribution is -2.47. The predicted molar refractivity (Wildman–Crippen MR) is 126 cm³/mol. The molecular weight excluding hydrogens is 449 g/mol. The van der Waals surface area contributed by atoms with Crippen LogP contribution in [-0.2, 0) is 9.59 Å². The fourth-order valence-electron chi connectivity index (χ4n) is 5.10. The van der Waals surface area contributed by atoms with Gasteiger partial charge in [-0.3, -0.25) is 14.6 Å². The maximum absolute atomic E-state index is 13.8. The molecule has 2 amide bonds. The van der Waals surface area contributed by atoms with Crippen molar-refractivity contribution in [3.8, 4) is 22.8 Å². The van der Waals surface area contributed by atoms with Crippen LogP contribution < -0.4 is 14.8 Å². The number of halogens is 1. The third-order valence-electron chi connectivity index (χ3n) is 6.83. The lowest BCUT2D eigenvalue weighted by Gasteiger charge is -2.30. The molecule has 4 atom stereocenters. The van der Waals surface area contributed by atoms with E-state index in [0.29, 0.717) is 40.8 Å². The number of amides is 2. The van der Waals surface area contributed by atoms with Crippen LogP contribution in [0.15, 0.2) is 66.9 Å². The number of hydrogen-bond acceptors (Lipinski definition) is 5. The molecule has 1 aliphatic carbocycles. The summed E-state index contributed by atoms with van der Waals surface area (Å²) in [6, 6.07) is 16.4. The van der Waals surface area contributed by atoms with Crippen molar-refractivity contribution in [1.82, 2.24) is 9.88 Å². The summed E-state index contributed by atoms with van der Waals surface area (Å²) in [6.45, 7) is 0.286. The normalized spacial score (nSPS) is 24.0. The number of benzene rings is 2. The second-order valence-corrected chi connectivity index (χ2v) is 9.22. The first-order valence-corrected chi connectivity index (χ1v) is 11.8. The van der Waals surface area contributed by atoms with Crippen LogP contribution in [0.5, 0.6) is 11.5 Å². The predicted octanol–water partition coefficient (Wildman–Crippen LogP) is 4.05. The van der Waals surface area contributed by atoms with Crippen molar-refractivity contribution in [1.29, 1.82) is 0 Å². The van der Waals surface area contributed by atoms with Crippen LogP contribution in [-0.4, -0.2) is 46.5 Å². The number of hydrogen-bond donors (Lipinski definition) is 1. The lowest BCUT2D eigenvalue weighted by molar-refractivity contribution is -0.139. The third kappa shape index (κ3) is 4.20. The number of fused-ring (bicyclic) bond motifs is 2. The van der Waals surface area contributed by atoms with Crippen molar-refractivity contribution in [2.45, 2.75) is 37.5 Å². The van der Waals surface area contributed by atoms with Crippen LogP contribution in [0.1, 0.15) is 19.3 Å². The fraction of sp³-hybridized carbons (Fsp3) is 0.296. The zero-order valence-electron chi connectivity index (χ0n) is 18.9. The maximum atomic E-state index is 13.8. The topological polar surface area (TPSA) is 80.8 Å². The first-order valence-electron chi connectivity index (χ1n) is 11.8. The Morgan fingerprint density at radius 1 is 1.06 bits per heavy atom. The summed E-state index contributed by atoms with van der Waals surface area (Å²) in [5.74, 6) is 0.882. The Labute approximate surface area is 201 Å². The first-order chi connectivity index (χ1) is 17.1. The quantitative estimate of drug-likeness (QED) is 0.605. The number of carbonyl (C=O) groups is 2. The van der Waals surface area contributed by atoms with Gasteiger partial charge in [0.05, 0.1) is 17.8 Å². The van der Waals surface area contributed by atoms with Crippen molar-refractivity contribution in [3.63, 3.8) is 0 Å². The van der Waals surface area contributed by atoms with E-state index in [1.165, 1.54) is 12.1 Å². The molecule has 1 saturated heterocycles. The molecule has 1 unspecified atom stereocenters. The molecule has 1 aromatic heterocycles. The van der Waals surface area contributed by atoms with Crippen LogP contribution in [0.3, 0.4) is 0 Å². The average Bonchev–Trinajstić information content (AvgIpc) is 3.53. The zero-order valence-corrected chi connectivity index (χ0v) is 18.9. The van der Waals surface area contributed by atoms with Crippen molar-refractivity contribution < 1.29 is 23.5 Å². The standard InChI is InChI=1S/C27H24FN3O4/c28-18-6-3-5-16(11-18)26-20(7-4-10-29-26)30-27(33)22-13-17-12-21(17)31(22)25(32)14-19-15-34-23-8-1-2-9-24(23)35-19/h1-11,17,19,21-22H,12-15H2,(H,30,33)/t17-,19?,21-,22-/m1/s1. The van der Waals surface area contributed by atoms with E-state index in [0.717, 1.165) is 6.42 Å². The number of piperidine rings is 1. The molecule has 3 heterocycles. The van der Waals surface area contributed by atoms with E-state index in [1.54, 1.807) is 35.4 Å². The van der Waals surface area contributed by atoms with Crippen molar-refractivity contribution in [2.75, 3.05) is 11.9 Å². The number of anilines is 1. The summed E-state index contributed by atoms with van der Waals surface area (Å²) in [5, 5.41) is 2.94.